The highest BCUT2D eigenvalue weighted by Crippen LogP contribution is 2.26. The van der Waals surface area contributed by atoms with Crippen LogP contribution in [0.5, 0.6) is 5.75 Å². The van der Waals surface area contributed by atoms with E-state index in [1.807, 2.05) is 0 Å². The van der Waals surface area contributed by atoms with Gasteiger partial charge in [-0.05, 0) is 54.6 Å². The molecular weight excluding hydrogens is 320 g/mol. The standard InChI is InChI=1S/C23H30N2O/c1-18-6-4-5-12-25(18)17-22-8-3-2-7-21(22)16-24-15-19-9-10-23-20(14-19)11-13-26-23/h2-3,7-10,14,18,24H,4-6,11-13,15-17H2,1H3. The summed E-state index contributed by atoms with van der Waals surface area (Å²) in [5, 5.41) is 3.64. The first kappa shape index (κ1) is 17.6. The van der Waals surface area contributed by atoms with Gasteiger partial charge in [0.15, 0.2) is 0 Å². The summed E-state index contributed by atoms with van der Waals surface area (Å²) in [4.78, 5) is 2.64. The summed E-state index contributed by atoms with van der Waals surface area (Å²) < 4.78 is 5.60. The van der Waals surface area contributed by atoms with Gasteiger partial charge in [-0.2, -0.15) is 0 Å². The predicted octanol–water partition coefficient (Wildman–Crippen LogP) is 4.29. The Bertz CT molecular complexity index is 743. The van der Waals surface area contributed by atoms with Crippen LogP contribution in [0.3, 0.4) is 0 Å². The second kappa shape index (κ2) is 8.24. The molecule has 2 aromatic carbocycles. The number of nitrogens with zero attached hydrogens (tertiary/aromatic N) is 1. The molecule has 2 aliphatic heterocycles. The van der Waals surface area contributed by atoms with E-state index < -0.39 is 0 Å². The van der Waals surface area contributed by atoms with Gasteiger partial charge in [0.1, 0.15) is 5.75 Å². The van der Waals surface area contributed by atoms with Gasteiger partial charge < -0.3 is 10.1 Å². The van der Waals surface area contributed by atoms with Gasteiger partial charge in [0, 0.05) is 32.1 Å². The SMILES string of the molecule is CC1CCCCN1Cc1ccccc1CNCc1ccc2c(c1)CCO2. The maximum atomic E-state index is 5.60. The number of benzene rings is 2. The molecule has 2 aromatic rings. The molecule has 1 unspecified atom stereocenters. The molecule has 138 valence electrons. The minimum Gasteiger partial charge on any atom is -0.493 e. The van der Waals surface area contributed by atoms with E-state index in [0.717, 1.165) is 38.4 Å². The van der Waals surface area contributed by atoms with E-state index >= 15 is 0 Å². The number of hydrogen-bond donors (Lipinski definition) is 1. The van der Waals surface area contributed by atoms with Gasteiger partial charge in [-0.1, -0.05) is 42.8 Å². The molecule has 3 heteroatoms. The maximum Gasteiger partial charge on any atom is 0.122 e. The average molecular weight is 351 g/mol. The van der Waals surface area contributed by atoms with E-state index in [4.69, 9.17) is 4.74 Å². The summed E-state index contributed by atoms with van der Waals surface area (Å²) >= 11 is 0. The predicted molar refractivity (Wildman–Crippen MR) is 106 cm³/mol. The van der Waals surface area contributed by atoms with Crippen LogP contribution in [-0.2, 0) is 26.1 Å². The fraction of sp³-hybridized carbons (Fsp3) is 0.478. The Kier molecular flexibility index (Phi) is 5.57. The molecule has 2 aliphatic rings. The third-order valence-electron chi connectivity index (χ3n) is 5.83. The van der Waals surface area contributed by atoms with Crippen molar-refractivity contribution < 1.29 is 4.74 Å². The molecule has 0 saturated carbocycles. The monoisotopic (exact) mass is 350 g/mol. The van der Waals surface area contributed by atoms with E-state index in [-0.39, 0.29) is 0 Å². The molecule has 0 aliphatic carbocycles. The van der Waals surface area contributed by atoms with Crippen molar-refractivity contribution >= 4 is 0 Å². The van der Waals surface area contributed by atoms with Crippen LogP contribution >= 0.6 is 0 Å². The van der Waals surface area contributed by atoms with Gasteiger partial charge in [0.25, 0.3) is 0 Å². The molecule has 0 amide bonds. The van der Waals surface area contributed by atoms with Crippen molar-refractivity contribution in [2.45, 2.75) is 58.3 Å². The third-order valence-corrected chi connectivity index (χ3v) is 5.83. The molecule has 0 bridgehead atoms. The van der Waals surface area contributed by atoms with E-state index in [1.54, 1.807) is 0 Å². The van der Waals surface area contributed by atoms with Gasteiger partial charge in [0.2, 0.25) is 0 Å². The summed E-state index contributed by atoms with van der Waals surface area (Å²) in [6.07, 6.45) is 5.10. The van der Waals surface area contributed by atoms with E-state index in [2.05, 4.69) is 59.6 Å². The Morgan fingerprint density at radius 3 is 2.85 bits per heavy atom. The second-order valence-electron chi connectivity index (χ2n) is 7.73. The smallest absolute Gasteiger partial charge is 0.122 e. The van der Waals surface area contributed by atoms with Crippen LogP contribution < -0.4 is 10.1 Å². The topological polar surface area (TPSA) is 24.5 Å². The minimum atomic E-state index is 0.707. The highest BCUT2D eigenvalue weighted by molar-refractivity contribution is 5.39. The third kappa shape index (κ3) is 4.11. The lowest BCUT2D eigenvalue weighted by Crippen LogP contribution is -2.37. The van der Waals surface area contributed by atoms with Crippen LogP contribution in [0.25, 0.3) is 0 Å². The molecule has 1 saturated heterocycles. The van der Waals surface area contributed by atoms with Crippen molar-refractivity contribution in [3.63, 3.8) is 0 Å². The Morgan fingerprint density at radius 2 is 1.96 bits per heavy atom. The molecule has 2 heterocycles. The Hall–Kier alpha value is -1.84. The normalized spacial score (nSPS) is 20.0. The lowest BCUT2D eigenvalue weighted by molar-refractivity contribution is 0.152. The van der Waals surface area contributed by atoms with E-state index in [0.29, 0.717) is 6.04 Å². The van der Waals surface area contributed by atoms with Crippen LogP contribution in [0.4, 0.5) is 0 Å². The van der Waals surface area contributed by atoms with Crippen LogP contribution in [0.2, 0.25) is 0 Å². The number of fused-ring (bicyclic) bond motifs is 1. The number of hydrogen-bond acceptors (Lipinski definition) is 3. The summed E-state index contributed by atoms with van der Waals surface area (Å²) in [7, 11) is 0. The first-order valence-corrected chi connectivity index (χ1v) is 10.1. The molecule has 0 spiro atoms. The molecule has 1 atom stereocenters. The molecule has 3 nitrogen and oxygen atoms in total. The van der Waals surface area contributed by atoms with Gasteiger partial charge in [-0.15, -0.1) is 0 Å². The van der Waals surface area contributed by atoms with Crippen LogP contribution in [0.15, 0.2) is 42.5 Å². The summed E-state index contributed by atoms with van der Waals surface area (Å²) in [5.41, 5.74) is 5.59. The quantitative estimate of drug-likeness (QED) is 0.841. The number of likely N-dealkylation sites (tertiary alicyclic amines) is 1. The van der Waals surface area contributed by atoms with E-state index in [1.165, 1.54) is 48.1 Å². The molecule has 0 radical (unpaired) electrons. The molecule has 0 aromatic heterocycles. The molecule has 1 fully saturated rings. The van der Waals surface area contributed by atoms with Gasteiger partial charge in [-0.25, -0.2) is 0 Å². The largest absolute Gasteiger partial charge is 0.493 e. The summed E-state index contributed by atoms with van der Waals surface area (Å²) in [6.45, 7) is 7.34. The maximum absolute atomic E-state index is 5.60. The minimum absolute atomic E-state index is 0.707. The Balaban J connectivity index is 1.36. The van der Waals surface area contributed by atoms with Crippen molar-refractivity contribution in [1.82, 2.24) is 10.2 Å². The zero-order valence-corrected chi connectivity index (χ0v) is 15.8. The number of piperidine rings is 1. The molecular formula is C23H30N2O. The highest BCUT2D eigenvalue weighted by Gasteiger charge is 2.19. The fourth-order valence-electron chi connectivity index (χ4n) is 4.19. The molecule has 26 heavy (non-hydrogen) atoms. The van der Waals surface area contributed by atoms with Crippen LogP contribution in [-0.4, -0.2) is 24.1 Å². The van der Waals surface area contributed by atoms with Gasteiger partial charge >= 0.3 is 0 Å². The van der Waals surface area contributed by atoms with Crippen molar-refractivity contribution in [3.05, 3.63) is 64.7 Å². The van der Waals surface area contributed by atoms with Gasteiger partial charge in [0.05, 0.1) is 6.61 Å². The zero-order valence-electron chi connectivity index (χ0n) is 15.8. The van der Waals surface area contributed by atoms with Crippen molar-refractivity contribution in [3.8, 4) is 5.75 Å². The van der Waals surface area contributed by atoms with E-state index in [9.17, 15) is 0 Å². The number of rotatable bonds is 6. The summed E-state index contributed by atoms with van der Waals surface area (Å²) in [6, 6.07) is 16.2. The lowest BCUT2D eigenvalue weighted by Gasteiger charge is -2.33. The molecule has 1 N–H and O–H groups in total. The first-order valence-electron chi connectivity index (χ1n) is 10.1. The zero-order chi connectivity index (χ0) is 17.8. The first-order chi connectivity index (χ1) is 12.8. The van der Waals surface area contributed by atoms with Crippen LogP contribution in [0, 0.1) is 0 Å². The average Bonchev–Trinajstić information content (AvgIpc) is 3.13. The highest BCUT2D eigenvalue weighted by atomic mass is 16.5. The Morgan fingerprint density at radius 1 is 1.08 bits per heavy atom. The number of ether oxygens (including phenoxy) is 1. The number of nitrogens with one attached hydrogen (secondary N) is 1. The van der Waals surface area contributed by atoms with Crippen molar-refractivity contribution in [2.24, 2.45) is 0 Å². The summed E-state index contributed by atoms with van der Waals surface area (Å²) in [5.74, 6) is 1.06. The van der Waals surface area contributed by atoms with Crippen LogP contribution in [0.1, 0.15) is 48.4 Å². The van der Waals surface area contributed by atoms with Crippen molar-refractivity contribution in [2.75, 3.05) is 13.2 Å². The molecule has 4 rings (SSSR count). The van der Waals surface area contributed by atoms with Crippen molar-refractivity contribution in [1.29, 1.82) is 0 Å². The lowest BCUT2D eigenvalue weighted by atomic mass is 10.0. The van der Waals surface area contributed by atoms with Gasteiger partial charge in [-0.3, -0.25) is 4.90 Å². The second-order valence-corrected chi connectivity index (χ2v) is 7.73. The fourth-order valence-corrected chi connectivity index (χ4v) is 4.19. The Labute approximate surface area is 157 Å².